The molecule has 1 heterocycles. The third kappa shape index (κ3) is 5.02. The predicted molar refractivity (Wildman–Crippen MR) is 59.2 cm³/mol. The molecule has 0 aliphatic rings. The molecular weight excluding hydrogens is 174 g/mol. The third-order valence-corrected chi connectivity index (χ3v) is 2.28. The van der Waals surface area contributed by atoms with E-state index < -0.39 is 0 Å². The molecular formula is C11H21N3. The highest BCUT2D eigenvalue weighted by molar-refractivity contribution is 4.77. The average molecular weight is 195 g/mol. The standard InChI is InChI=1S/C11H21N3/c1-2-3-4-5-7-12-9-11-14-10-6-8-13-14/h6,8,10,12H,2-5,7,9,11H2,1H3. The van der Waals surface area contributed by atoms with Crippen molar-refractivity contribution >= 4 is 0 Å². The van der Waals surface area contributed by atoms with Gasteiger partial charge >= 0.3 is 0 Å². The van der Waals surface area contributed by atoms with E-state index in [-0.39, 0.29) is 0 Å². The van der Waals surface area contributed by atoms with E-state index in [1.165, 1.54) is 25.7 Å². The second-order valence-electron chi connectivity index (χ2n) is 3.58. The van der Waals surface area contributed by atoms with Gasteiger partial charge in [-0.1, -0.05) is 26.2 Å². The lowest BCUT2D eigenvalue weighted by atomic mass is 10.2. The molecule has 1 N–H and O–H groups in total. The summed E-state index contributed by atoms with van der Waals surface area (Å²) in [6.07, 6.45) is 9.15. The molecule has 0 radical (unpaired) electrons. The molecule has 3 nitrogen and oxygen atoms in total. The van der Waals surface area contributed by atoms with Gasteiger partial charge in [0.1, 0.15) is 0 Å². The van der Waals surface area contributed by atoms with Crippen LogP contribution in [-0.2, 0) is 6.54 Å². The third-order valence-electron chi connectivity index (χ3n) is 2.28. The molecule has 1 aromatic rings. The topological polar surface area (TPSA) is 29.9 Å². The minimum absolute atomic E-state index is 0.973. The quantitative estimate of drug-likeness (QED) is 0.643. The normalized spacial score (nSPS) is 10.6. The zero-order valence-electron chi connectivity index (χ0n) is 9.08. The summed E-state index contributed by atoms with van der Waals surface area (Å²) in [6, 6.07) is 1.96. The molecule has 0 aromatic carbocycles. The van der Waals surface area contributed by atoms with E-state index in [9.17, 15) is 0 Å². The fourth-order valence-electron chi connectivity index (χ4n) is 1.43. The summed E-state index contributed by atoms with van der Waals surface area (Å²) in [5.74, 6) is 0. The van der Waals surface area contributed by atoms with E-state index in [4.69, 9.17) is 0 Å². The van der Waals surface area contributed by atoms with Gasteiger partial charge in [0.25, 0.3) is 0 Å². The molecule has 0 bridgehead atoms. The Balaban J connectivity index is 1.85. The molecule has 0 atom stereocenters. The smallest absolute Gasteiger partial charge is 0.0533 e. The number of nitrogens with zero attached hydrogens (tertiary/aromatic N) is 2. The van der Waals surface area contributed by atoms with Gasteiger partial charge in [-0.05, 0) is 19.0 Å². The van der Waals surface area contributed by atoms with Crippen LogP contribution in [0.3, 0.4) is 0 Å². The van der Waals surface area contributed by atoms with Crippen LogP contribution in [0, 0.1) is 0 Å². The Morgan fingerprint density at radius 3 is 2.86 bits per heavy atom. The van der Waals surface area contributed by atoms with E-state index in [0.717, 1.165) is 19.6 Å². The second kappa shape index (κ2) is 7.56. The molecule has 80 valence electrons. The Bertz CT molecular complexity index is 206. The molecule has 1 aromatic heterocycles. The van der Waals surface area contributed by atoms with Gasteiger partial charge in [0.15, 0.2) is 0 Å². The first-order chi connectivity index (χ1) is 6.93. The van der Waals surface area contributed by atoms with Gasteiger partial charge in [0.2, 0.25) is 0 Å². The number of hydrogen-bond acceptors (Lipinski definition) is 2. The Kier molecular flexibility index (Phi) is 6.07. The van der Waals surface area contributed by atoms with Gasteiger partial charge in [-0.3, -0.25) is 4.68 Å². The average Bonchev–Trinajstić information content (AvgIpc) is 2.69. The summed E-state index contributed by atoms with van der Waals surface area (Å²) in [5.41, 5.74) is 0. The zero-order chi connectivity index (χ0) is 10.1. The van der Waals surface area contributed by atoms with E-state index in [1.54, 1.807) is 0 Å². The SMILES string of the molecule is CCCCCCNCCn1cccn1. The van der Waals surface area contributed by atoms with Gasteiger partial charge in [0, 0.05) is 18.9 Å². The van der Waals surface area contributed by atoms with Gasteiger partial charge in [-0.25, -0.2) is 0 Å². The number of hydrogen-bond donors (Lipinski definition) is 1. The van der Waals surface area contributed by atoms with Crippen LogP contribution in [0.1, 0.15) is 32.6 Å². The van der Waals surface area contributed by atoms with Crippen LogP contribution in [0.25, 0.3) is 0 Å². The Morgan fingerprint density at radius 1 is 1.21 bits per heavy atom. The van der Waals surface area contributed by atoms with Gasteiger partial charge < -0.3 is 5.32 Å². The van der Waals surface area contributed by atoms with Crippen LogP contribution in [-0.4, -0.2) is 22.9 Å². The first-order valence-corrected chi connectivity index (χ1v) is 5.61. The van der Waals surface area contributed by atoms with Gasteiger partial charge in [-0.2, -0.15) is 5.10 Å². The van der Waals surface area contributed by atoms with Crippen LogP contribution < -0.4 is 5.32 Å². The highest BCUT2D eigenvalue weighted by atomic mass is 15.3. The molecule has 0 saturated carbocycles. The molecule has 0 saturated heterocycles. The minimum Gasteiger partial charge on any atom is -0.315 e. The highest BCUT2D eigenvalue weighted by Gasteiger charge is 1.90. The monoisotopic (exact) mass is 195 g/mol. The number of rotatable bonds is 8. The van der Waals surface area contributed by atoms with E-state index >= 15 is 0 Å². The van der Waals surface area contributed by atoms with E-state index in [2.05, 4.69) is 17.3 Å². The van der Waals surface area contributed by atoms with Crippen molar-refractivity contribution in [3.8, 4) is 0 Å². The fourth-order valence-corrected chi connectivity index (χ4v) is 1.43. The molecule has 0 fully saturated rings. The number of nitrogens with one attached hydrogen (secondary N) is 1. The summed E-state index contributed by atoms with van der Waals surface area (Å²) in [4.78, 5) is 0. The molecule has 14 heavy (non-hydrogen) atoms. The van der Waals surface area contributed by atoms with Crippen molar-refractivity contribution in [1.82, 2.24) is 15.1 Å². The van der Waals surface area contributed by atoms with E-state index in [0.29, 0.717) is 0 Å². The molecule has 0 spiro atoms. The number of aromatic nitrogens is 2. The van der Waals surface area contributed by atoms with E-state index in [1.807, 2.05) is 23.1 Å². The van der Waals surface area contributed by atoms with Crippen LogP contribution in [0.15, 0.2) is 18.5 Å². The van der Waals surface area contributed by atoms with Crippen molar-refractivity contribution in [1.29, 1.82) is 0 Å². The van der Waals surface area contributed by atoms with Crippen LogP contribution in [0.5, 0.6) is 0 Å². The second-order valence-corrected chi connectivity index (χ2v) is 3.58. The minimum atomic E-state index is 0.973. The summed E-state index contributed by atoms with van der Waals surface area (Å²) < 4.78 is 1.96. The largest absolute Gasteiger partial charge is 0.315 e. The predicted octanol–water partition coefficient (Wildman–Crippen LogP) is 2.05. The Labute approximate surface area is 86.5 Å². The summed E-state index contributed by atoms with van der Waals surface area (Å²) in [6.45, 7) is 5.38. The fraction of sp³-hybridized carbons (Fsp3) is 0.727. The van der Waals surface area contributed by atoms with Crippen LogP contribution in [0.2, 0.25) is 0 Å². The molecule has 1 rings (SSSR count). The number of unbranched alkanes of at least 4 members (excludes halogenated alkanes) is 3. The lowest BCUT2D eigenvalue weighted by Crippen LogP contribution is -2.21. The van der Waals surface area contributed by atoms with Gasteiger partial charge in [0.05, 0.1) is 6.54 Å². The highest BCUT2D eigenvalue weighted by Crippen LogP contribution is 1.96. The molecule has 0 amide bonds. The summed E-state index contributed by atoms with van der Waals surface area (Å²) in [5, 5.41) is 7.56. The van der Waals surface area contributed by atoms with Crippen molar-refractivity contribution in [2.45, 2.75) is 39.2 Å². The first kappa shape index (κ1) is 11.2. The van der Waals surface area contributed by atoms with Crippen LogP contribution >= 0.6 is 0 Å². The Morgan fingerprint density at radius 2 is 2.14 bits per heavy atom. The lowest BCUT2D eigenvalue weighted by molar-refractivity contribution is 0.535. The maximum atomic E-state index is 4.14. The molecule has 3 heteroatoms. The maximum Gasteiger partial charge on any atom is 0.0533 e. The van der Waals surface area contributed by atoms with Crippen molar-refractivity contribution in [2.75, 3.05) is 13.1 Å². The van der Waals surface area contributed by atoms with Gasteiger partial charge in [-0.15, -0.1) is 0 Å². The van der Waals surface area contributed by atoms with Crippen molar-refractivity contribution < 1.29 is 0 Å². The maximum absolute atomic E-state index is 4.14. The lowest BCUT2D eigenvalue weighted by Gasteiger charge is -2.04. The zero-order valence-corrected chi connectivity index (χ0v) is 9.08. The summed E-state index contributed by atoms with van der Waals surface area (Å²) in [7, 11) is 0. The van der Waals surface area contributed by atoms with Crippen molar-refractivity contribution in [3.63, 3.8) is 0 Å². The Hall–Kier alpha value is -0.830. The molecule has 0 aliphatic heterocycles. The van der Waals surface area contributed by atoms with Crippen molar-refractivity contribution in [2.24, 2.45) is 0 Å². The summed E-state index contributed by atoms with van der Waals surface area (Å²) >= 11 is 0. The van der Waals surface area contributed by atoms with Crippen LogP contribution in [0.4, 0.5) is 0 Å². The first-order valence-electron chi connectivity index (χ1n) is 5.61. The molecule has 0 aliphatic carbocycles. The van der Waals surface area contributed by atoms with Crippen molar-refractivity contribution in [3.05, 3.63) is 18.5 Å². The molecule has 0 unspecified atom stereocenters.